The smallest absolute Gasteiger partial charge is 0.354 e. The van der Waals surface area contributed by atoms with Crippen LogP contribution in [0.15, 0.2) is 73.1 Å². The highest BCUT2D eigenvalue weighted by Crippen LogP contribution is 2.26. The number of carbonyl (C=O) groups is 1. The van der Waals surface area contributed by atoms with Crippen molar-refractivity contribution in [3.63, 3.8) is 0 Å². The van der Waals surface area contributed by atoms with Gasteiger partial charge in [0, 0.05) is 6.54 Å². The van der Waals surface area contributed by atoms with Crippen molar-refractivity contribution in [2.24, 2.45) is 0 Å². The van der Waals surface area contributed by atoms with E-state index in [4.69, 9.17) is 4.74 Å². The van der Waals surface area contributed by atoms with E-state index in [2.05, 4.69) is 49.9 Å². The molecule has 3 heteroatoms. The van der Waals surface area contributed by atoms with Crippen molar-refractivity contribution < 1.29 is 9.53 Å². The van der Waals surface area contributed by atoms with Gasteiger partial charge in [-0.05, 0) is 36.2 Å². The Morgan fingerprint density at radius 1 is 1.16 bits per heavy atom. The topological polar surface area (TPSA) is 29.5 Å². The zero-order chi connectivity index (χ0) is 18.2. The molecule has 0 saturated heterocycles. The number of esters is 1. The van der Waals surface area contributed by atoms with E-state index in [1.54, 1.807) is 6.20 Å². The van der Waals surface area contributed by atoms with Gasteiger partial charge in [-0.25, -0.2) is 4.79 Å². The summed E-state index contributed by atoms with van der Waals surface area (Å²) in [5.74, 6) is -0.352. The molecule has 0 saturated carbocycles. The summed E-state index contributed by atoms with van der Waals surface area (Å²) < 4.78 is 4.92. The first kappa shape index (κ1) is 18.5. The first-order chi connectivity index (χ1) is 12.1. The quantitative estimate of drug-likeness (QED) is 0.522. The standard InChI is InChI=1S/C22H25NO2/c1-5-9-21(22(24)25-4)23(6-2)16-19-10-7-8-11-20(19)18-14-12-17(3)13-15-18/h6-15H,2,5,16H2,1,3-4H3/b21-9-. The third-order valence-corrected chi connectivity index (χ3v) is 4.04. The monoisotopic (exact) mass is 335 g/mol. The van der Waals surface area contributed by atoms with Crippen LogP contribution in [0, 0.1) is 6.92 Å². The Balaban J connectivity index is 2.38. The summed E-state index contributed by atoms with van der Waals surface area (Å²) in [6.07, 6.45) is 4.28. The number of nitrogens with zero attached hydrogens (tertiary/aromatic N) is 1. The molecule has 0 radical (unpaired) electrons. The molecule has 2 aromatic carbocycles. The van der Waals surface area contributed by atoms with Gasteiger partial charge in [0.15, 0.2) is 0 Å². The van der Waals surface area contributed by atoms with Gasteiger partial charge in [-0.1, -0.05) is 73.7 Å². The highest BCUT2D eigenvalue weighted by molar-refractivity contribution is 5.87. The van der Waals surface area contributed by atoms with E-state index < -0.39 is 0 Å². The van der Waals surface area contributed by atoms with Crippen molar-refractivity contribution in [2.75, 3.05) is 7.11 Å². The fraction of sp³-hybridized carbons (Fsp3) is 0.227. The Morgan fingerprint density at radius 2 is 1.84 bits per heavy atom. The fourth-order valence-corrected chi connectivity index (χ4v) is 2.72. The Morgan fingerprint density at radius 3 is 2.44 bits per heavy atom. The Labute approximate surface area is 150 Å². The second kappa shape index (κ2) is 8.88. The van der Waals surface area contributed by atoms with Crippen molar-refractivity contribution in [3.8, 4) is 11.1 Å². The summed E-state index contributed by atoms with van der Waals surface area (Å²) >= 11 is 0. The number of rotatable bonds is 7. The third kappa shape index (κ3) is 4.60. The maximum Gasteiger partial charge on any atom is 0.354 e. The van der Waals surface area contributed by atoms with Crippen molar-refractivity contribution in [3.05, 3.63) is 84.2 Å². The van der Waals surface area contributed by atoms with Crippen LogP contribution in [-0.2, 0) is 16.1 Å². The Hall–Kier alpha value is -2.81. The van der Waals surface area contributed by atoms with Crippen LogP contribution in [0.4, 0.5) is 0 Å². The van der Waals surface area contributed by atoms with Gasteiger partial charge in [-0.3, -0.25) is 0 Å². The average molecular weight is 335 g/mol. The van der Waals surface area contributed by atoms with Gasteiger partial charge in [-0.2, -0.15) is 0 Å². The van der Waals surface area contributed by atoms with E-state index in [1.807, 2.05) is 30.0 Å². The molecule has 0 aliphatic carbocycles. The van der Waals surface area contributed by atoms with Gasteiger partial charge >= 0.3 is 5.97 Å². The van der Waals surface area contributed by atoms with Gasteiger partial charge < -0.3 is 9.64 Å². The molecule has 0 atom stereocenters. The molecule has 0 spiro atoms. The number of ether oxygens (including phenoxy) is 1. The average Bonchev–Trinajstić information content (AvgIpc) is 2.65. The lowest BCUT2D eigenvalue weighted by Gasteiger charge is -2.23. The zero-order valence-corrected chi connectivity index (χ0v) is 15.2. The SMILES string of the molecule is C=CN(Cc1ccccc1-c1ccc(C)cc1)/C(=C\CC)C(=O)OC. The molecule has 2 rings (SSSR count). The van der Waals surface area contributed by atoms with Crippen molar-refractivity contribution in [1.82, 2.24) is 4.90 Å². The van der Waals surface area contributed by atoms with Crippen LogP contribution in [0.25, 0.3) is 11.1 Å². The molecule has 2 aromatic rings. The van der Waals surface area contributed by atoms with E-state index in [0.29, 0.717) is 12.2 Å². The summed E-state index contributed by atoms with van der Waals surface area (Å²) in [6.45, 7) is 8.49. The van der Waals surface area contributed by atoms with E-state index >= 15 is 0 Å². The van der Waals surface area contributed by atoms with Crippen LogP contribution in [0.2, 0.25) is 0 Å². The maximum absolute atomic E-state index is 12.1. The second-order valence-electron chi connectivity index (χ2n) is 5.82. The summed E-state index contributed by atoms with van der Waals surface area (Å²) in [7, 11) is 1.40. The van der Waals surface area contributed by atoms with Gasteiger partial charge in [0.1, 0.15) is 5.70 Å². The fourth-order valence-electron chi connectivity index (χ4n) is 2.72. The molecule has 0 N–H and O–H groups in total. The first-order valence-corrected chi connectivity index (χ1v) is 8.43. The van der Waals surface area contributed by atoms with Crippen molar-refractivity contribution in [1.29, 1.82) is 0 Å². The third-order valence-electron chi connectivity index (χ3n) is 4.04. The molecule has 0 aliphatic rings. The number of aryl methyl sites for hydroxylation is 1. The molecule has 0 heterocycles. The number of hydrogen-bond donors (Lipinski definition) is 0. The molecule has 0 bridgehead atoms. The van der Waals surface area contributed by atoms with Crippen LogP contribution in [0.3, 0.4) is 0 Å². The van der Waals surface area contributed by atoms with Crippen LogP contribution in [0.5, 0.6) is 0 Å². The number of allylic oxidation sites excluding steroid dienone is 1. The number of carbonyl (C=O) groups excluding carboxylic acids is 1. The first-order valence-electron chi connectivity index (χ1n) is 8.43. The molecule has 0 aromatic heterocycles. The molecular weight excluding hydrogens is 310 g/mol. The lowest BCUT2D eigenvalue weighted by molar-refractivity contribution is -0.137. The molecule has 25 heavy (non-hydrogen) atoms. The van der Waals surface area contributed by atoms with E-state index in [-0.39, 0.29) is 5.97 Å². The van der Waals surface area contributed by atoms with Crippen LogP contribution >= 0.6 is 0 Å². The maximum atomic E-state index is 12.1. The highest BCUT2D eigenvalue weighted by atomic mass is 16.5. The van der Waals surface area contributed by atoms with Crippen molar-refractivity contribution >= 4 is 5.97 Å². The van der Waals surface area contributed by atoms with Crippen LogP contribution in [0.1, 0.15) is 24.5 Å². The van der Waals surface area contributed by atoms with Crippen molar-refractivity contribution in [2.45, 2.75) is 26.8 Å². The van der Waals surface area contributed by atoms with Crippen LogP contribution in [-0.4, -0.2) is 18.0 Å². The van der Waals surface area contributed by atoms with Crippen LogP contribution < -0.4 is 0 Å². The van der Waals surface area contributed by atoms with E-state index in [9.17, 15) is 4.79 Å². The summed E-state index contributed by atoms with van der Waals surface area (Å²) in [5, 5.41) is 0. The predicted octanol–water partition coefficient (Wildman–Crippen LogP) is 5.07. The summed E-state index contributed by atoms with van der Waals surface area (Å²) in [6, 6.07) is 16.7. The number of methoxy groups -OCH3 is 1. The predicted molar refractivity (Wildman–Crippen MR) is 103 cm³/mol. The minimum atomic E-state index is -0.352. The second-order valence-corrected chi connectivity index (χ2v) is 5.82. The van der Waals surface area contributed by atoms with Gasteiger partial charge in [0.25, 0.3) is 0 Å². The summed E-state index contributed by atoms with van der Waals surface area (Å²) in [4.78, 5) is 13.9. The molecule has 0 aliphatic heterocycles. The van der Waals surface area contributed by atoms with Gasteiger partial charge in [-0.15, -0.1) is 0 Å². The van der Waals surface area contributed by atoms with Gasteiger partial charge in [0.2, 0.25) is 0 Å². The summed E-state index contributed by atoms with van der Waals surface area (Å²) in [5.41, 5.74) is 5.17. The molecule has 3 nitrogen and oxygen atoms in total. The Kier molecular flexibility index (Phi) is 6.58. The normalized spacial score (nSPS) is 11.1. The Bertz CT molecular complexity index is 760. The number of benzene rings is 2. The molecule has 0 amide bonds. The minimum Gasteiger partial charge on any atom is -0.464 e. The lowest BCUT2D eigenvalue weighted by Crippen LogP contribution is -2.23. The zero-order valence-electron chi connectivity index (χ0n) is 15.2. The molecule has 0 unspecified atom stereocenters. The van der Waals surface area contributed by atoms with Gasteiger partial charge in [0.05, 0.1) is 7.11 Å². The largest absolute Gasteiger partial charge is 0.464 e. The van der Waals surface area contributed by atoms with E-state index in [0.717, 1.165) is 23.1 Å². The molecular formula is C22H25NO2. The van der Waals surface area contributed by atoms with E-state index in [1.165, 1.54) is 12.7 Å². The molecule has 0 fully saturated rings. The highest BCUT2D eigenvalue weighted by Gasteiger charge is 2.17. The molecule has 130 valence electrons. The minimum absolute atomic E-state index is 0.352. The number of hydrogen-bond acceptors (Lipinski definition) is 3. The lowest BCUT2D eigenvalue weighted by atomic mass is 9.98.